The zero-order chi connectivity index (χ0) is 48.9. The maximum Gasteiger partial charge on any atom is 0.320 e. The van der Waals surface area contributed by atoms with Crippen LogP contribution in [0.3, 0.4) is 0 Å². The van der Waals surface area contributed by atoms with Crippen molar-refractivity contribution in [2.75, 3.05) is 13.7 Å². The Morgan fingerprint density at radius 3 is 2.28 bits per heavy atom. The SMILES string of the molecule is C=Cc1c2[nH]c(c1C)/C=C1/NC(C3=c4[nH]/c(c(C)c4C(=O)[C@@H]3C(=O)OC)=C\c3c(CC)c(=C/[O-])/c(n3O)=C/2O)[C@@H](CCC(=O)OC/C=C(\C)CCC[C@H](C)CCC[C@H](C)CCCC(C)C)[C@@H]1C. The van der Waals surface area contributed by atoms with Crippen molar-refractivity contribution in [1.29, 1.82) is 0 Å². The van der Waals surface area contributed by atoms with E-state index in [9.17, 15) is 29.8 Å². The second kappa shape index (κ2) is 22.0. The lowest BCUT2D eigenvalue weighted by atomic mass is 9.80. The second-order valence-electron chi connectivity index (χ2n) is 20.1. The van der Waals surface area contributed by atoms with Crippen LogP contribution in [0.25, 0.3) is 35.8 Å². The predicted molar refractivity (Wildman–Crippen MR) is 263 cm³/mol. The van der Waals surface area contributed by atoms with Gasteiger partial charge in [-0.25, -0.2) is 0 Å². The fourth-order valence-electron chi connectivity index (χ4n) is 10.8. The van der Waals surface area contributed by atoms with Gasteiger partial charge in [-0.15, -0.1) is 6.26 Å². The zero-order valence-corrected chi connectivity index (χ0v) is 41.6. The van der Waals surface area contributed by atoms with E-state index < -0.39 is 23.7 Å². The first-order valence-electron chi connectivity index (χ1n) is 24.7. The molecule has 6 atom stereocenters. The summed E-state index contributed by atoms with van der Waals surface area (Å²) in [5, 5.41) is 41.0. The van der Waals surface area contributed by atoms with Crippen LogP contribution >= 0.6 is 0 Å². The molecule has 3 aromatic rings. The summed E-state index contributed by atoms with van der Waals surface area (Å²) in [5.74, 6) is -1.21. The molecule has 67 heavy (non-hydrogen) atoms. The van der Waals surface area contributed by atoms with E-state index in [4.69, 9.17) is 9.47 Å². The van der Waals surface area contributed by atoms with E-state index in [2.05, 4.69) is 63.4 Å². The number of aliphatic hydroxyl groups excluding tert-OH is 1. The molecule has 1 saturated heterocycles. The van der Waals surface area contributed by atoms with Crippen LogP contribution in [-0.4, -0.2) is 62.5 Å². The number of hydrogen-bond acceptors (Lipinski definition) is 9. The Balaban J connectivity index is 1.26. The second-order valence-corrected chi connectivity index (χ2v) is 20.1. The molecule has 0 amide bonds. The molecule has 1 fully saturated rings. The molecule has 0 aromatic carbocycles. The molecule has 1 unspecified atom stereocenters. The number of ether oxygens (including phenoxy) is 2. The fourth-order valence-corrected chi connectivity index (χ4v) is 10.8. The van der Waals surface area contributed by atoms with Crippen molar-refractivity contribution in [1.82, 2.24) is 20.0 Å². The average Bonchev–Trinajstić information content (AvgIpc) is 4.04. The molecular formula is C55H75N4O8-. The van der Waals surface area contributed by atoms with Crippen molar-refractivity contribution in [3.05, 3.63) is 90.1 Å². The number of ketones is 1. The number of carbonyl (C=O) groups is 3. The summed E-state index contributed by atoms with van der Waals surface area (Å²) >= 11 is 0. The summed E-state index contributed by atoms with van der Waals surface area (Å²) in [7, 11) is 1.27. The first kappa shape index (κ1) is 50.8. The summed E-state index contributed by atoms with van der Waals surface area (Å²) in [6.45, 7) is 23.2. The summed E-state index contributed by atoms with van der Waals surface area (Å²) in [4.78, 5) is 48.3. The third-order valence-electron chi connectivity index (χ3n) is 14.9. The van der Waals surface area contributed by atoms with Gasteiger partial charge in [0.05, 0.1) is 29.9 Å². The molecule has 0 radical (unpaired) electrons. The van der Waals surface area contributed by atoms with E-state index in [1.807, 2.05) is 26.0 Å². The first-order valence-corrected chi connectivity index (χ1v) is 24.7. The van der Waals surface area contributed by atoms with Gasteiger partial charge in [-0.05, 0) is 116 Å². The number of H-pyrrole nitrogens is 2. The molecule has 0 saturated carbocycles. The van der Waals surface area contributed by atoms with Crippen LogP contribution in [0.2, 0.25) is 0 Å². The predicted octanol–water partition coefficient (Wildman–Crippen LogP) is 7.27. The van der Waals surface area contributed by atoms with E-state index in [0.29, 0.717) is 69.2 Å². The van der Waals surface area contributed by atoms with E-state index in [1.165, 1.54) is 57.6 Å². The third kappa shape index (κ3) is 10.6. The van der Waals surface area contributed by atoms with Crippen molar-refractivity contribution in [2.45, 2.75) is 145 Å². The van der Waals surface area contributed by atoms with Gasteiger partial charge < -0.3 is 40.2 Å². The summed E-state index contributed by atoms with van der Waals surface area (Å²) in [6, 6.07) is -0.584. The van der Waals surface area contributed by atoms with Gasteiger partial charge in [-0.1, -0.05) is 105 Å². The van der Waals surface area contributed by atoms with Gasteiger partial charge >= 0.3 is 11.9 Å². The van der Waals surface area contributed by atoms with Crippen molar-refractivity contribution in [2.24, 2.45) is 35.5 Å². The van der Waals surface area contributed by atoms with Crippen molar-refractivity contribution >= 4 is 53.5 Å². The molecule has 364 valence electrons. The molecule has 12 heteroatoms. The van der Waals surface area contributed by atoms with Crippen molar-refractivity contribution in [3.8, 4) is 0 Å². The minimum absolute atomic E-state index is 0.0897. The van der Waals surface area contributed by atoms with Crippen LogP contribution in [0.1, 0.15) is 169 Å². The highest BCUT2D eigenvalue weighted by atomic mass is 16.5. The van der Waals surface area contributed by atoms with Crippen LogP contribution in [0.5, 0.6) is 0 Å². The number of hydrogen-bond donors (Lipinski definition) is 5. The van der Waals surface area contributed by atoms with Gasteiger partial charge in [-0.3, -0.25) is 14.4 Å². The molecule has 5 heterocycles. The van der Waals surface area contributed by atoms with E-state index >= 15 is 0 Å². The molecular weight excluding hydrogens is 845 g/mol. The molecule has 1 aliphatic carbocycles. The summed E-state index contributed by atoms with van der Waals surface area (Å²) in [5.41, 5.74) is 6.35. The van der Waals surface area contributed by atoms with Crippen LogP contribution in [0, 0.1) is 49.4 Å². The van der Waals surface area contributed by atoms with Crippen molar-refractivity contribution < 1.29 is 39.3 Å². The number of fused-ring (bicyclic) bond motifs is 8. The van der Waals surface area contributed by atoms with Crippen molar-refractivity contribution in [3.63, 3.8) is 0 Å². The Bertz CT molecular complexity index is 2670. The minimum atomic E-state index is -1.24. The van der Waals surface area contributed by atoms with Gasteiger partial charge in [0.25, 0.3) is 0 Å². The summed E-state index contributed by atoms with van der Waals surface area (Å²) < 4.78 is 11.9. The number of esters is 2. The van der Waals surface area contributed by atoms with Gasteiger partial charge in [0.2, 0.25) is 0 Å². The summed E-state index contributed by atoms with van der Waals surface area (Å²) in [6.07, 6.45) is 19.8. The zero-order valence-electron chi connectivity index (χ0n) is 41.6. The lowest BCUT2D eigenvalue weighted by Crippen LogP contribution is -2.38. The Kier molecular flexibility index (Phi) is 16.6. The normalized spacial score (nSPS) is 22.3. The molecule has 12 nitrogen and oxygen atoms in total. The maximum absolute atomic E-state index is 14.5. The van der Waals surface area contributed by atoms with Gasteiger partial charge in [0.1, 0.15) is 17.9 Å². The highest BCUT2D eigenvalue weighted by Gasteiger charge is 2.49. The Morgan fingerprint density at radius 1 is 0.985 bits per heavy atom. The number of nitrogens with one attached hydrogen (secondary N) is 3. The molecule has 3 aromatic heterocycles. The number of aromatic amines is 2. The minimum Gasteiger partial charge on any atom is -0.877 e. The smallest absolute Gasteiger partial charge is 0.320 e. The van der Waals surface area contributed by atoms with Crippen LogP contribution in [0.15, 0.2) is 23.9 Å². The Morgan fingerprint density at radius 2 is 1.66 bits per heavy atom. The molecule has 6 rings (SSSR count). The van der Waals surface area contributed by atoms with Gasteiger partial charge in [-0.2, -0.15) is 4.73 Å². The first-order chi connectivity index (χ1) is 32.0. The van der Waals surface area contributed by atoms with E-state index in [0.717, 1.165) is 40.7 Å². The number of aromatic nitrogens is 3. The molecule has 2 aliphatic heterocycles. The number of methoxy groups -OCH3 is 1. The molecule has 0 spiro atoms. The third-order valence-corrected chi connectivity index (χ3v) is 14.9. The Hall–Kier alpha value is -5.65. The van der Waals surface area contributed by atoms with Crippen LogP contribution in [-0.2, 0) is 25.5 Å². The molecule has 8 bridgehead atoms. The average molecular weight is 920 g/mol. The number of rotatable bonds is 20. The molecule has 3 aliphatic rings. The number of aliphatic hydroxyl groups is 1. The van der Waals surface area contributed by atoms with Gasteiger partial charge in [0.15, 0.2) is 11.5 Å². The van der Waals surface area contributed by atoms with Crippen LogP contribution in [0.4, 0.5) is 0 Å². The van der Waals surface area contributed by atoms with E-state index in [-0.39, 0.29) is 58.5 Å². The molecule has 5 N–H and O–H groups in total. The van der Waals surface area contributed by atoms with E-state index in [1.54, 1.807) is 19.1 Å². The number of Topliss-reactive ketones (excluding diaryl/α,β-unsaturated/α-hetero) is 1. The topological polar surface area (TPSA) is 182 Å². The quantitative estimate of drug-likeness (QED) is 0.0337. The van der Waals surface area contributed by atoms with Gasteiger partial charge in [0, 0.05) is 40.2 Å². The highest BCUT2D eigenvalue weighted by molar-refractivity contribution is 6.19. The largest absolute Gasteiger partial charge is 0.877 e. The maximum atomic E-state index is 14.5. The number of allylic oxidation sites excluding steroid dienone is 2. The monoisotopic (exact) mass is 920 g/mol. The number of nitrogens with zero attached hydrogens (tertiary/aromatic N) is 1. The lowest BCUT2D eigenvalue weighted by molar-refractivity contribution is -0.229. The number of carbonyl (C=O) groups excluding carboxylic acids is 3. The van der Waals surface area contributed by atoms with Crippen LogP contribution < -0.4 is 31.7 Å². The fraction of sp³-hybridized carbons (Fsp3) is 0.545. The highest BCUT2D eigenvalue weighted by Crippen LogP contribution is 2.42. The lowest BCUT2D eigenvalue weighted by Gasteiger charge is -2.25. The Labute approximate surface area is 396 Å². The standard InChI is InChI=1S/C55H76N4O8/c1-12-37-34(8)41-27-42-35(9)39(23-24-45(61)67-26-25-33(7)22-16-21-32(6)20-15-19-31(5)18-14-17-30(3)4)49(56-42)47-48(55(64)66-11)53(62)46-36(10)43(58-51(46)47)28-44-38(13-2)40(29-60)52(59(44)65)54(63)50(37)57-41/h12,25,27-32,35,39,48-49,56-58,60,63,65H,1,13-24,26H2,2-11H3/p-1/b33-25+,40-29-,42-27+,43-28-,54-52+/t31-,32-,35+,39+,48-,49?/m1/s1.